The summed E-state index contributed by atoms with van der Waals surface area (Å²) in [7, 11) is 0. The maximum atomic E-state index is 11.9. The zero-order valence-corrected chi connectivity index (χ0v) is 14.3. The molecule has 1 heterocycles. The van der Waals surface area contributed by atoms with Gasteiger partial charge in [-0.1, -0.05) is 26.0 Å². The second-order valence-electron chi connectivity index (χ2n) is 5.62. The van der Waals surface area contributed by atoms with Gasteiger partial charge in [-0.15, -0.1) is 11.3 Å². The minimum Gasteiger partial charge on any atom is -0.483 e. The largest absolute Gasteiger partial charge is 0.483 e. The number of nitrogens with zero attached hydrogens (tertiary/aromatic N) is 1. The molecule has 2 aromatic rings. The normalized spacial score (nSPS) is 10.8. The van der Waals surface area contributed by atoms with Gasteiger partial charge in [0.1, 0.15) is 5.75 Å². The summed E-state index contributed by atoms with van der Waals surface area (Å²) in [6, 6.07) is 6.10. The van der Waals surface area contributed by atoms with E-state index >= 15 is 0 Å². The molecule has 1 aromatic carbocycles. The number of thiazole rings is 1. The Kier molecular flexibility index (Phi) is 5.55. The van der Waals surface area contributed by atoms with E-state index in [0.717, 1.165) is 27.6 Å². The Labute approximate surface area is 135 Å². The number of hydrogen-bond donors (Lipinski definition) is 1. The number of carbonyl (C=O) groups excluding carboxylic acids is 1. The molecule has 118 valence electrons. The van der Waals surface area contributed by atoms with Crippen molar-refractivity contribution in [2.45, 2.75) is 40.2 Å². The van der Waals surface area contributed by atoms with E-state index in [9.17, 15) is 4.79 Å². The van der Waals surface area contributed by atoms with Crippen molar-refractivity contribution in [3.05, 3.63) is 45.4 Å². The molecule has 0 bridgehead atoms. The number of ether oxygens (including phenoxy) is 1. The first-order chi connectivity index (χ1) is 10.5. The molecule has 22 heavy (non-hydrogen) atoms. The van der Waals surface area contributed by atoms with Crippen LogP contribution in [0, 0.1) is 13.8 Å². The van der Waals surface area contributed by atoms with Crippen molar-refractivity contribution in [3.8, 4) is 5.75 Å². The molecule has 1 aromatic heterocycles. The molecule has 5 heteroatoms. The Bertz CT molecular complexity index is 650. The highest BCUT2D eigenvalue weighted by atomic mass is 32.1. The minimum atomic E-state index is -0.137. The molecule has 0 unspecified atom stereocenters. The molecular weight excluding hydrogens is 296 g/mol. The number of rotatable bonds is 6. The molecule has 1 amide bonds. The summed E-state index contributed by atoms with van der Waals surface area (Å²) in [6.07, 6.45) is 0. The predicted octanol–water partition coefficient (Wildman–Crippen LogP) is 3.58. The molecule has 0 radical (unpaired) electrons. The van der Waals surface area contributed by atoms with E-state index in [-0.39, 0.29) is 12.5 Å². The SMILES string of the molecule is Cc1ccc(C(C)C)c(OCC(=O)NCc2csc(C)n2)c1. The number of carbonyl (C=O) groups is 1. The Morgan fingerprint density at radius 3 is 2.77 bits per heavy atom. The average molecular weight is 318 g/mol. The smallest absolute Gasteiger partial charge is 0.258 e. The van der Waals surface area contributed by atoms with Crippen LogP contribution in [-0.2, 0) is 11.3 Å². The first kappa shape index (κ1) is 16.5. The highest BCUT2D eigenvalue weighted by Gasteiger charge is 2.10. The summed E-state index contributed by atoms with van der Waals surface area (Å²) in [5.41, 5.74) is 3.13. The monoisotopic (exact) mass is 318 g/mol. The first-order valence-electron chi connectivity index (χ1n) is 7.36. The van der Waals surface area contributed by atoms with Crippen LogP contribution in [0.5, 0.6) is 5.75 Å². The third-order valence-electron chi connectivity index (χ3n) is 3.28. The number of amides is 1. The maximum absolute atomic E-state index is 11.9. The number of nitrogens with one attached hydrogen (secondary N) is 1. The average Bonchev–Trinajstić information content (AvgIpc) is 2.88. The predicted molar refractivity (Wildman–Crippen MR) is 89.5 cm³/mol. The lowest BCUT2D eigenvalue weighted by Crippen LogP contribution is -2.28. The van der Waals surface area contributed by atoms with Gasteiger partial charge in [0.15, 0.2) is 6.61 Å². The zero-order valence-electron chi connectivity index (χ0n) is 13.5. The Balaban J connectivity index is 1.89. The van der Waals surface area contributed by atoms with E-state index in [0.29, 0.717) is 12.5 Å². The van der Waals surface area contributed by atoms with Crippen LogP contribution in [0.25, 0.3) is 0 Å². The van der Waals surface area contributed by atoms with Crippen LogP contribution in [0.4, 0.5) is 0 Å². The summed E-state index contributed by atoms with van der Waals surface area (Å²) in [6.45, 7) is 8.65. The van der Waals surface area contributed by atoms with Crippen molar-refractivity contribution >= 4 is 17.2 Å². The lowest BCUT2D eigenvalue weighted by atomic mass is 10.0. The molecule has 0 aliphatic carbocycles. The standard InChI is InChI=1S/C17H22N2O2S/c1-11(2)15-6-5-12(3)7-16(15)21-9-17(20)18-8-14-10-22-13(4)19-14/h5-7,10-11H,8-9H2,1-4H3,(H,18,20). The second kappa shape index (κ2) is 7.40. The molecule has 4 nitrogen and oxygen atoms in total. The van der Waals surface area contributed by atoms with Gasteiger partial charge >= 0.3 is 0 Å². The van der Waals surface area contributed by atoms with Crippen LogP contribution < -0.4 is 10.1 Å². The third-order valence-corrected chi connectivity index (χ3v) is 4.11. The van der Waals surface area contributed by atoms with Gasteiger partial charge < -0.3 is 10.1 Å². The van der Waals surface area contributed by atoms with Crippen LogP contribution >= 0.6 is 11.3 Å². The molecule has 0 aliphatic heterocycles. The van der Waals surface area contributed by atoms with Gasteiger partial charge in [0.05, 0.1) is 17.2 Å². The topological polar surface area (TPSA) is 51.2 Å². The molecule has 0 spiro atoms. The molecule has 0 fully saturated rings. The number of hydrogen-bond acceptors (Lipinski definition) is 4. The van der Waals surface area contributed by atoms with Gasteiger partial charge in [-0.3, -0.25) is 4.79 Å². The third kappa shape index (κ3) is 4.56. The fourth-order valence-corrected chi connectivity index (χ4v) is 2.73. The summed E-state index contributed by atoms with van der Waals surface area (Å²) in [5, 5.41) is 5.78. The van der Waals surface area contributed by atoms with E-state index < -0.39 is 0 Å². The molecule has 0 aliphatic rings. The Morgan fingerprint density at radius 2 is 2.14 bits per heavy atom. The van der Waals surface area contributed by atoms with Crippen molar-refractivity contribution in [2.75, 3.05) is 6.61 Å². The van der Waals surface area contributed by atoms with E-state index in [1.807, 2.05) is 25.3 Å². The van der Waals surface area contributed by atoms with Gasteiger partial charge in [-0.05, 0) is 37.0 Å². The molecule has 1 N–H and O–H groups in total. The zero-order chi connectivity index (χ0) is 16.1. The van der Waals surface area contributed by atoms with Gasteiger partial charge in [0.2, 0.25) is 0 Å². The molecule has 0 saturated heterocycles. The summed E-state index contributed by atoms with van der Waals surface area (Å²) in [5.74, 6) is 1.01. The molecule has 2 rings (SSSR count). The highest BCUT2D eigenvalue weighted by Crippen LogP contribution is 2.27. The van der Waals surface area contributed by atoms with Crippen molar-refractivity contribution in [3.63, 3.8) is 0 Å². The van der Waals surface area contributed by atoms with Gasteiger partial charge in [0.25, 0.3) is 5.91 Å². The molecular formula is C17H22N2O2S. The summed E-state index contributed by atoms with van der Waals surface area (Å²) >= 11 is 1.58. The van der Waals surface area contributed by atoms with Gasteiger partial charge in [0, 0.05) is 5.38 Å². The van der Waals surface area contributed by atoms with Crippen LogP contribution in [0.1, 0.15) is 41.6 Å². The first-order valence-corrected chi connectivity index (χ1v) is 8.24. The van der Waals surface area contributed by atoms with Crippen molar-refractivity contribution in [1.29, 1.82) is 0 Å². The van der Waals surface area contributed by atoms with Crippen LogP contribution in [0.15, 0.2) is 23.6 Å². The van der Waals surface area contributed by atoms with Crippen molar-refractivity contribution in [1.82, 2.24) is 10.3 Å². The van der Waals surface area contributed by atoms with Crippen LogP contribution in [-0.4, -0.2) is 17.5 Å². The van der Waals surface area contributed by atoms with Crippen LogP contribution in [0.2, 0.25) is 0 Å². The number of aromatic nitrogens is 1. The maximum Gasteiger partial charge on any atom is 0.258 e. The Morgan fingerprint density at radius 1 is 1.36 bits per heavy atom. The second-order valence-corrected chi connectivity index (χ2v) is 6.68. The van der Waals surface area contributed by atoms with Crippen molar-refractivity contribution in [2.24, 2.45) is 0 Å². The van der Waals surface area contributed by atoms with Crippen molar-refractivity contribution < 1.29 is 9.53 Å². The number of benzene rings is 1. The molecule has 0 saturated carbocycles. The summed E-state index contributed by atoms with van der Waals surface area (Å²) in [4.78, 5) is 16.2. The fourth-order valence-electron chi connectivity index (χ4n) is 2.12. The van der Waals surface area contributed by atoms with E-state index in [1.165, 1.54) is 0 Å². The lowest BCUT2D eigenvalue weighted by molar-refractivity contribution is -0.123. The summed E-state index contributed by atoms with van der Waals surface area (Å²) < 4.78 is 5.70. The van der Waals surface area contributed by atoms with Gasteiger partial charge in [-0.2, -0.15) is 0 Å². The molecule has 0 atom stereocenters. The quantitative estimate of drug-likeness (QED) is 0.885. The highest BCUT2D eigenvalue weighted by molar-refractivity contribution is 7.09. The fraction of sp³-hybridized carbons (Fsp3) is 0.412. The van der Waals surface area contributed by atoms with E-state index in [2.05, 4.69) is 36.3 Å². The van der Waals surface area contributed by atoms with E-state index in [1.54, 1.807) is 11.3 Å². The van der Waals surface area contributed by atoms with Crippen LogP contribution in [0.3, 0.4) is 0 Å². The lowest BCUT2D eigenvalue weighted by Gasteiger charge is -2.14. The van der Waals surface area contributed by atoms with E-state index in [4.69, 9.17) is 4.74 Å². The number of aryl methyl sites for hydroxylation is 2. The Hall–Kier alpha value is -1.88. The minimum absolute atomic E-state index is 0.0201. The van der Waals surface area contributed by atoms with Gasteiger partial charge in [-0.25, -0.2) is 4.98 Å².